The van der Waals surface area contributed by atoms with E-state index in [0.29, 0.717) is 0 Å². The number of carbonyl (C=O) groups is 1. The van der Waals surface area contributed by atoms with Crippen LogP contribution in [-0.4, -0.2) is 48.6 Å². The molecule has 0 aromatic heterocycles. The molecule has 0 bridgehead atoms. The summed E-state index contributed by atoms with van der Waals surface area (Å²) in [6.07, 6.45) is 4.56. The Balaban J connectivity index is 1.46. The normalized spacial score (nSPS) is 25.3. The van der Waals surface area contributed by atoms with Gasteiger partial charge in [0.05, 0.1) is 0 Å². The van der Waals surface area contributed by atoms with Crippen LogP contribution in [0, 0.1) is 17.8 Å². The lowest BCUT2D eigenvalue weighted by atomic mass is 9.89. The van der Waals surface area contributed by atoms with Crippen molar-refractivity contribution in [2.24, 2.45) is 17.8 Å². The SMILES string of the molecule is CCc1ccccc1NC(=O)N1CCC(CN2CC(C)CC(C)C2)CC1. The average Bonchev–Trinajstić information content (AvgIpc) is 2.62. The number of amides is 2. The van der Waals surface area contributed by atoms with Crippen LogP contribution in [0.15, 0.2) is 24.3 Å². The zero-order valence-corrected chi connectivity index (χ0v) is 16.7. The van der Waals surface area contributed by atoms with Crippen molar-refractivity contribution in [2.75, 3.05) is 38.0 Å². The number of hydrogen-bond acceptors (Lipinski definition) is 2. The second-order valence-corrected chi connectivity index (χ2v) is 8.54. The minimum Gasteiger partial charge on any atom is -0.325 e. The molecule has 2 atom stereocenters. The van der Waals surface area contributed by atoms with Crippen molar-refractivity contribution in [1.82, 2.24) is 9.80 Å². The van der Waals surface area contributed by atoms with Crippen molar-refractivity contribution < 1.29 is 4.79 Å². The Bertz CT molecular complexity index is 585. The van der Waals surface area contributed by atoms with E-state index in [2.05, 4.69) is 37.1 Å². The van der Waals surface area contributed by atoms with Gasteiger partial charge in [0.15, 0.2) is 0 Å². The lowest BCUT2D eigenvalue weighted by Crippen LogP contribution is -2.46. The summed E-state index contributed by atoms with van der Waals surface area (Å²) >= 11 is 0. The maximum absolute atomic E-state index is 12.6. The van der Waals surface area contributed by atoms with E-state index in [9.17, 15) is 4.79 Å². The first-order valence-electron chi connectivity index (χ1n) is 10.4. The molecule has 0 saturated carbocycles. The van der Waals surface area contributed by atoms with E-state index in [0.717, 1.165) is 55.8 Å². The number of aryl methyl sites for hydroxylation is 1. The van der Waals surface area contributed by atoms with E-state index in [4.69, 9.17) is 0 Å². The predicted molar refractivity (Wildman–Crippen MR) is 109 cm³/mol. The number of benzene rings is 1. The van der Waals surface area contributed by atoms with Crippen molar-refractivity contribution >= 4 is 11.7 Å². The van der Waals surface area contributed by atoms with Gasteiger partial charge in [-0.15, -0.1) is 0 Å². The van der Waals surface area contributed by atoms with Crippen LogP contribution in [0.5, 0.6) is 0 Å². The minimum atomic E-state index is 0.0598. The fraction of sp³-hybridized carbons (Fsp3) is 0.682. The van der Waals surface area contributed by atoms with Gasteiger partial charge in [-0.1, -0.05) is 39.0 Å². The first kappa shape index (κ1) is 19.2. The summed E-state index contributed by atoms with van der Waals surface area (Å²) in [7, 11) is 0. The van der Waals surface area contributed by atoms with Crippen LogP contribution in [0.2, 0.25) is 0 Å². The Morgan fingerprint density at radius 2 is 1.77 bits per heavy atom. The summed E-state index contributed by atoms with van der Waals surface area (Å²) in [6, 6.07) is 8.17. The van der Waals surface area contributed by atoms with E-state index < -0.39 is 0 Å². The highest BCUT2D eigenvalue weighted by Gasteiger charge is 2.27. The second-order valence-electron chi connectivity index (χ2n) is 8.54. The van der Waals surface area contributed by atoms with Crippen molar-refractivity contribution in [3.8, 4) is 0 Å². The fourth-order valence-corrected chi connectivity index (χ4v) is 4.77. The third-order valence-corrected chi connectivity index (χ3v) is 6.00. The number of urea groups is 1. The molecule has 26 heavy (non-hydrogen) atoms. The van der Waals surface area contributed by atoms with Crippen LogP contribution >= 0.6 is 0 Å². The quantitative estimate of drug-likeness (QED) is 0.863. The predicted octanol–water partition coefficient (Wildman–Crippen LogP) is 4.47. The molecule has 0 aliphatic carbocycles. The van der Waals surface area contributed by atoms with Gasteiger partial charge in [-0.05, 0) is 55.1 Å². The molecule has 2 fully saturated rings. The fourth-order valence-electron chi connectivity index (χ4n) is 4.77. The molecule has 4 heteroatoms. The van der Waals surface area contributed by atoms with Crippen LogP contribution in [-0.2, 0) is 6.42 Å². The summed E-state index contributed by atoms with van der Waals surface area (Å²) in [6.45, 7) is 12.3. The number of nitrogens with zero attached hydrogens (tertiary/aromatic N) is 2. The molecule has 3 rings (SSSR count). The van der Waals surface area contributed by atoms with E-state index in [1.165, 1.54) is 31.6 Å². The molecule has 0 radical (unpaired) electrons. The molecule has 2 unspecified atom stereocenters. The highest BCUT2D eigenvalue weighted by molar-refractivity contribution is 5.90. The Morgan fingerprint density at radius 1 is 1.12 bits per heavy atom. The molecular formula is C22H35N3O. The van der Waals surface area contributed by atoms with Gasteiger partial charge in [0, 0.05) is 38.4 Å². The van der Waals surface area contributed by atoms with E-state index in [1.54, 1.807) is 0 Å². The van der Waals surface area contributed by atoms with Gasteiger partial charge in [-0.3, -0.25) is 0 Å². The minimum absolute atomic E-state index is 0.0598. The molecule has 2 amide bonds. The molecule has 144 valence electrons. The van der Waals surface area contributed by atoms with Crippen molar-refractivity contribution in [3.63, 3.8) is 0 Å². The van der Waals surface area contributed by atoms with Gasteiger partial charge in [0.2, 0.25) is 0 Å². The highest BCUT2D eigenvalue weighted by atomic mass is 16.2. The molecule has 0 spiro atoms. The molecule has 2 heterocycles. The third kappa shape index (κ3) is 5.00. The molecule has 1 aromatic carbocycles. The van der Waals surface area contributed by atoms with Gasteiger partial charge < -0.3 is 15.1 Å². The summed E-state index contributed by atoms with van der Waals surface area (Å²) in [5.74, 6) is 2.38. The van der Waals surface area contributed by atoms with E-state index in [1.807, 2.05) is 23.1 Å². The van der Waals surface area contributed by atoms with Crippen LogP contribution in [0.1, 0.15) is 45.6 Å². The lowest BCUT2D eigenvalue weighted by Gasteiger charge is -2.39. The van der Waals surface area contributed by atoms with Crippen LogP contribution in [0.3, 0.4) is 0 Å². The van der Waals surface area contributed by atoms with Crippen LogP contribution in [0.25, 0.3) is 0 Å². The number of anilines is 1. The second kappa shape index (κ2) is 8.90. The highest BCUT2D eigenvalue weighted by Crippen LogP contribution is 2.25. The Morgan fingerprint density at radius 3 is 2.42 bits per heavy atom. The largest absolute Gasteiger partial charge is 0.325 e. The third-order valence-electron chi connectivity index (χ3n) is 6.00. The summed E-state index contributed by atoms with van der Waals surface area (Å²) in [5.41, 5.74) is 2.16. The molecule has 2 saturated heterocycles. The standard InChI is InChI=1S/C22H35N3O/c1-4-20-7-5-6-8-21(20)23-22(26)25-11-9-19(10-12-25)16-24-14-17(2)13-18(3)15-24/h5-8,17-19H,4,9-16H2,1-3H3,(H,23,26). The van der Waals surface area contributed by atoms with E-state index in [-0.39, 0.29) is 6.03 Å². The monoisotopic (exact) mass is 357 g/mol. The van der Waals surface area contributed by atoms with Gasteiger partial charge in [-0.2, -0.15) is 0 Å². The molecule has 1 aromatic rings. The van der Waals surface area contributed by atoms with Gasteiger partial charge >= 0.3 is 6.03 Å². The average molecular weight is 358 g/mol. The van der Waals surface area contributed by atoms with Crippen molar-refractivity contribution in [3.05, 3.63) is 29.8 Å². The molecule has 2 aliphatic rings. The number of nitrogens with one attached hydrogen (secondary N) is 1. The zero-order valence-electron chi connectivity index (χ0n) is 16.7. The van der Waals surface area contributed by atoms with Crippen LogP contribution in [0.4, 0.5) is 10.5 Å². The number of para-hydroxylation sites is 1. The molecular weight excluding hydrogens is 322 g/mol. The molecule has 2 aliphatic heterocycles. The van der Waals surface area contributed by atoms with Crippen molar-refractivity contribution in [1.29, 1.82) is 0 Å². The maximum atomic E-state index is 12.6. The number of rotatable bonds is 4. The summed E-state index contributed by atoms with van der Waals surface area (Å²) < 4.78 is 0. The zero-order chi connectivity index (χ0) is 18.5. The summed E-state index contributed by atoms with van der Waals surface area (Å²) in [4.78, 5) is 17.3. The Hall–Kier alpha value is -1.55. The first-order valence-corrected chi connectivity index (χ1v) is 10.4. The van der Waals surface area contributed by atoms with Gasteiger partial charge in [0.1, 0.15) is 0 Å². The Labute approximate surface area is 158 Å². The number of carbonyl (C=O) groups excluding carboxylic acids is 1. The smallest absolute Gasteiger partial charge is 0.321 e. The number of piperidine rings is 2. The first-order chi connectivity index (χ1) is 12.5. The lowest BCUT2D eigenvalue weighted by molar-refractivity contribution is 0.101. The molecule has 4 nitrogen and oxygen atoms in total. The Kier molecular flexibility index (Phi) is 6.58. The topological polar surface area (TPSA) is 35.6 Å². The van der Waals surface area contributed by atoms with E-state index >= 15 is 0 Å². The van der Waals surface area contributed by atoms with Crippen molar-refractivity contribution in [2.45, 2.75) is 46.5 Å². The molecule has 1 N–H and O–H groups in total. The number of likely N-dealkylation sites (tertiary alicyclic amines) is 2. The maximum Gasteiger partial charge on any atom is 0.321 e. The number of hydrogen-bond donors (Lipinski definition) is 1. The summed E-state index contributed by atoms with van der Waals surface area (Å²) in [5, 5.41) is 3.12. The van der Waals surface area contributed by atoms with Gasteiger partial charge in [-0.25, -0.2) is 4.79 Å². The van der Waals surface area contributed by atoms with Crippen LogP contribution < -0.4 is 5.32 Å². The van der Waals surface area contributed by atoms with Gasteiger partial charge in [0.25, 0.3) is 0 Å².